The molecular formula is C13H20BrNO2. The van der Waals surface area contributed by atoms with E-state index in [4.69, 9.17) is 4.42 Å². The number of rotatable bonds is 4. The largest absolute Gasteiger partial charge is 0.465 e. The molecule has 0 bridgehead atoms. The van der Waals surface area contributed by atoms with E-state index in [2.05, 4.69) is 28.2 Å². The lowest BCUT2D eigenvalue weighted by atomic mass is 9.80. The van der Waals surface area contributed by atoms with Gasteiger partial charge >= 0.3 is 0 Å². The number of hydrogen-bond acceptors (Lipinski definition) is 3. The number of nitrogens with one attached hydrogen (secondary N) is 1. The molecule has 1 fully saturated rings. The van der Waals surface area contributed by atoms with Crippen molar-refractivity contribution >= 4 is 15.9 Å². The van der Waals surface area contributed by atoms with Gasteiger partial charge in [-0.15, -0.1) is 0 Å². The molecule has 1 saturated carbocycles. The Hall–Kier alpha value is -0.320. The second-order valence-electron chi connectivity index (χ2n) is 4.86. The molecule has 1 aromatic heterocycles. The molecule has 0 radical (unpaired) electrons. The summed E-state index contributed by atoms with van der Waals surface area (Å²) in [6.07, 6.45) is 6.32. The third-order valence-corrected chi connectivity index (χ3v) is 4.16. The Morgan fingerprint density at radius 2 is 2.24 bits per heavy atom. The van der Waals surface area contributed by atoms with E-state index in [9.17, 15) is 5.11 Å². The number of aliphatic hydroxyl groups is 1. The summed E-state index contributed by atoms with van der Waals surface area (Å²) >= 11 is 3.42. The van der Waals surface area contributed by atoms with Crippen molar-refractivity contribution in [2.24, 2.45) is 0 Å². The highest BCUT2D eigenvalue weighted by Gasteiger charge is 2.38. The van der Waals surface area contributed by atoms with E-state index in [1.54, 1.807) is 6.26 Å². The maximum Gasteiger partial charge on any atom is 0.149 e. The lowest BCUT2D eigenvalue weighted by molar-refractivity contribution is -0.0273. The van der Waals surface area contributed by atoms with Crippen molar-refractivity contribution in [1.29, 1.82) is 0 Å². The molecule has 0 aromatic carbocycles. The smallest absolute Gasteiger partial charge is 0.149 e. The molecule has 0 atom stereocenters. The summed E-state index contributed by atoms with van der Waals surface area (Å²) in [7, 11) is 0. The molecule has 96 valence electrons. The van der Waals surface area contributed by atoms with Crippen molar-refractivity contribution in [1.82, 2.24) is 5.32 Å². The Bertz CT molecular complexity index is 356. The fourth-order valence-electron chi connectivity index (χ4n) is 2.50. The van der Waals surface area contributed by atoms with Crippen LogP contribution in [0.15, 0.2) is 21.2 Å². The lowest BCUT2D eigenvalue weighted by Gasteiger charge is -2.35. The third kappa shape index (κ3) is 2.92. The molecule has 0 amide bonds. The average Bonchev–Trinajstić information content (AvgIpc) is 2.76. The maximum atomic E-state index is 10.6. The van der Waals surface area contributed by atoms with E-state index in [1.807, 2.05) is 6.07 Å². The van der Waals surface area contributed by atoms with Gasteiger partial charge in [-0.3, -0.25) is 0 Å². The highest BCUT2D eigenvalue weighted by molar-refractivity contribution is 9.10. The van der Waals surface area contributed by atoms with E-state index in [0.717, 1.165) is 43.1 Å². The van der Waals surface area contributed by atoms with Crippen LogP contribution in [-0.2, 0) is 5.60 Å². The molecule has 2 N–H and O–H groups in total. The van der Waals surface area contributed by atoms with Crippen molar-refractivity contribution in [3.63, 3.8) is 0 Å². The van der Waals surface area contributed by atoms with Crippen LogP contribution in [0.3, 0.4) is 0 Å². The van der Waals surface area contributed by atoms with Gasteiger partial charge in [-0.2, -0.15) is 0 Å². The van der Waals surface area contributed by atoms with Crippen LogP contribution < -0.4 is 5.32 Å². The van der Waals surface area contributed by atoms with Crippen LogP contribution in [0.25, 0.3) is 0 Å². The average molecular weight is 302 g/mol. The molecule has 0 unspecified atom stereocenters. The number of hydrogen-bond donors (Lipinski definition) is 2. The molecule has 4 heteroatoms. The summed E-state index contributed by atoms with van der Waals surface area (Å²) < 4.78 is 6.28. The zero-order valence-corrected chi connectivity index (χ0v) is 11.8. The molecule has 1 aromatic rings. The predicted octanol–water partition coefficient (Wildman–Crippen LogP) is 3.17. The van der Waals surface area contributed by atoms with Gasteiger partial charge in [0.1, 0.15) is 11.4 Å². The zero-order chi connectivity index (χ0) is 12.3. The van der Waals surface area contributed by atoms with Gasteiger partial charge in [0.2, 0.25) is 0 Å². The molecule has 2 rings (SSSR count). The molecule has 1 aliphatic carbocycles. The second-order valence-corrected chi connectivity index (χ2v) is 5.71. The Kier molecular flexibility index (Phi) is 4.28. The highest BCUT2D eigenvalue weighted by atomic mass is 79.9. The summed E-state index contributed by atoms with van der Waals surface area (Å²) in [6.45, 7) is 3.24. The van der Waals surface area contributed by atoms with Gasteiger partial charge in [-0.1, -0.05) is 6.92 Å². The molecule has 0 aliphatic heterocycles. The topological polar surface area (TPSA) is 45.4 Å². The second kappa shape index (κ2) is 5.55. The Labute approximate surface area is 111 Å². The van der Waals surface area contributed by atoms with E-state index in [-0.39, 0.29) is 0 Å². The molecule has 0 saturated heterocycles. The van der Waals surface area contributed by atoms with E-state index >= 15 is 0 Å². The summed E-state index contributed by atoms with van der Waals surface area (Å²) in [6, 6.07) is 2.39. The quantitative estimate of drug-likeness (QED) is 0.898. The zero-order valence-electron chi connectivity index (χ0n) is 10.2. The Morgan fingerprint density at radius 1 is 1.53 bits per heavy atom. The van der Waals surface area contributed by atoms with Crippen LogP contribution >= 0.6 is 15.9 Å². The summed E-state index contributed by atoms with van der Waals surface area (Å²) in [5, 5.41) is 14.1. The van der Waals surface area contributed by atoms with Crippen molar-refractivity contribution in [3.8, 4) is 0 Å². The van der Waals surface area contributed by atoms with Crippen molar-refractivity contribution in [2.75, 3.05) is 6.54 Å². The van der Waals surface area contributed by atoms with Crippen molar-refractivity contribution in [3.05, 3.63) is 22.6 Å². The Balaban J connectivity index is 1.96. The van der Waals surface area contributed by atoms with Crippen LogP contribution in [-0.4, -0.2) is 17.7 Å². The first-order valence-corrected chi connectivity index (χ1v) is 7.14. The third-order valence-electron chi connectivity index (χ3n) is 3.54. The van der Waals surface area contributed by atoms with Gasteiger partial charge in [-0.25, -0.2) is 0 Å². The van der Waals surface area contributed by atoms with E-state index in [1.165, 1.54) is 0 Å². The normalized spacial score (nSPS) is 29.5. The molecule has 0 spiro atoms. The van der Waals surface area contributed by atoms with Crippen LogP contribution in [0.5, 0.6) is 0 Å². The first-order valence-electron chi connectivity index (χ1n) is 6.35. The molecule has 3 nitrogen and oxygen atoms in total. The minimum absolute atomic E-state index is 0.545. The van der Waals surface area contributed by atoms with Gasteiger partial charge in [-0.05, 0) is 60.6 Å². The summed E-state index contributed by atoms with van der Waals surface area (Å²) in [5.74, 6) is 0.687. The minimum Gasteiger partial charge on any atom is -0.465 e. The maximum absolute atomic E-state index is 10.6. The molecule has 17 heavy (non-hydrogen) atoms. The van der Waals surface area contributed by atoms with Crippen molar-refractivity contribution in [2.45, 2.75) is 50.7 Å². The molecular weight excluding hydrogens is 282 g/mol. The van der Waals surface area contributed by atoms with Gasteiger partial charge in [0.15, 0.2) is 0 Å². The standard InChI is InChI=1S/C13H20BrNO2/c1-2-8-15-10-3-6-13(16,7-4-10)12-11(14)5-9-17-12/h5,9-10,15-16H,2-4,6-8H2,1H3. The summed E-state index contributed by atoms with van der Waals surface area (Å²) in [5.41, 5.74) is -0.785. The van der Waals surface area contributed by atoms with E-state index in [0.29, 0.717) is 11.8 Å². The summed E-state index contributed by atoms with van der Waals surface area (Å²) in [4.78, 5) is 0. The first-order chi connectivity index (χ1) is 8.15. The van der Waals surface area contributed by atoms with Crippen LogP contribution in [0, 0.1) is 0 Å². The lowest BCUT2D eigenvalue weighted by Crippen LogP contribution is -2.40. The van der Waals surface area contributed by atoms with Crippen LogP contribution in [0.2, 0.25) is 0 Å². The van der Waals surface area contributed by atoms with Crippen LogP contribution in [0.1, 0.15) is 44.8 Å². The fraction of sp³-hybridized carbons (Fsp3) is 0.692. The Morgan fingerprint density at radius 3 is 2.76 bits per heavy atom. The van der Waals surface area contributed by atoms with Gasteiger partial charge in [0.05, 0.1) is 10.7 Å². The highest BCUT2D eigenvalue weighted by Crippen LogP contribution is 2.40. The molecule has 1 aliphatic rings. The van der Waals surface area contributed by atoms with E-state index < -0.39 is 5.60 Å². The minimum atomic E-state index is -0.785. The number of furan rings is 1. The fourth-order valence-corrected chi connectivity index (χ4v) is 3.07. The first kappa shape index (κ1) is 13.1. The van der Waals surface area contributed by atoms with Gasteiger partial charge < -0.3 is 14.8 Å². The molecule has 1 heterocycles. The van der Waals surface area contributed by atoms with Crippen LogP contribution in [0.4, 0.5) is 0 Å². The van der Waals surface area contributed by atoms with Gasteiger partial charge in [0, 0.05) is 6.04 Å². The predicted molar refractivity (Wildman–Crippen MR) is 70.9 cm³/mol. The number of halogens is 1. The monoisotopic (exact) mass is 301 g/mol. The SMILES string of the molecule is CCCNC1CCC(O)(c2occc2Br)CC1. The van der Waals surface area contributed by atoms with Gasteiger partial charge in [0.25, 0.3) is 0 Å². The van der Waals surface area contributed by atoms with Crippen molar-refractivity contribution < 1.29 is 9.52 Å².